The summed E-state index contributed by atoms with van der Waals surface area (Å²) in [5, 5.41) is 3.03. The second-order valence-electron chi connectivity index (χ2n) is 6.88. The standard InChI is InChI=1S/C18H28N4O2/c1-14(22-12-17(13-22)20(2)3)18(23)19-15-4-6-16(7-5-15)21-8-10-24-11-9-21/h4-7,14,17H,8-13H2,1-3H3,(H,19,23)/t14-/m1/s1. The zero-order valence-corrected chi connectivity index (χ0v) is 14.9. The zero-order chi connectivity index (χ0) is 17.1. The number of hydrogen-bond donors (Lipinski definition) is 1. The van der Waals surface area contributed by atoms with Gasteiger partial charge in [0.1, 0.15) is 0 Å². The second kappa shape index (κ2) is 7.51. The van der Waals surface area contributed by atoms with Crippen molar-refractivity contribution < 1.29 is 9.53 Å². The van der Waals surface area contributed by atoms with E-state index in [1.54, 1.807) is 0 Å². The predicted molar refractivity (Wildman–Crippen MR) is 96.6 cm³/mol. The summed E-state index contributed by atoms with van der Waals surface area (Å²) in [7, 11) is 4.17. The molecule has 132 valence electrons. The van der Waals surface area contributed by atoms with Gasteiger partial charge in [-0.2, -0.15) is 0 Å². The van der Waals surface area contributed by atoms with E-state index in [1.165, 1.54) is 5.69 Å². The summed E-state index contributed by atoms with van der Waals surface area (Å²) in [6.45, 7) is 7.29. The molecule has 1 atom stereocenters. The topological polar surface area (TPSA) is 48.1 Å². The van der Waals surface area contributed by atoms with Crippen LogP contribution in [0.4, 0.5) is 11.4 Å². The van der Waals surface area contributed by atoms with E-state index in [2.05, 4.69) is 46.2 Å². The van der Waals surface area contributed by atoms with Gasteiger partial charge in [-0.15, -0.1) is 0 Å². The highest BCUT2D eigenvalue weighted by Gasteiger charge is 2.34. The number of carbonyl (C=O) groups is 1. The average molecular weight is 332 g/mol. The van der Waals surface area contributed by atoms with Gasteiger partial charge in [0.2, 0.25) is 5.91 Å². The molecule has 24 heavy (non-hydrogen) atoms. The molecule has 0 bridgehead atoms. The molecule has 0 radical (unpaired) electrons. The third-order valence-electron chi connectivity index (χ3n) is 5.06. The van der Waals surface area contributed by atoms with Crippen molar-refractivity contribution in [2.45, 2.75) is 19.0 Å². The van der Waals surface area contributed by atoms with E-state index in [0.717, 1.165) is 45.1 Å². The van der Waals surface area contributed by atoms with Crippen LogP contribution in [0.25, 0.3) is 0 Å². The van der Waals surface area contributed by atoms with Gasteiger partial charge >= 0.3 is 0 Å². The van der Waals surface area contributed by atoms with Gasteiger partial charge in [-0.3, -0.25) is 9.69 Å². The molecule has 0 spiro atoms. The van der Waals surface area contributed by atoms with Crippen LogP contribution in [0.3, 0.4) is 0 Å². The SMILES string of the molecule is C[C@H](C(=O)Nc1ccc(N2CCOCC2)cc1)N1CC(N(C)C)C1. The van der Waals surface area contributed by atoms with Crippen molar-refractivity contribution in [1.29, 1.82) is 0 Å². The first kappa shape index (κ1) is 17.2. The maximum atomic E-state index is 12.4. The lowest BCUT2D eigenvalue weighted by Crippen LogP contribution is -2.62. The van der Waals surface area contributed by atoms with Gasteiger partial charge in [0.15, 0.2) is 0 Å². The molecule has 1 amide bonds. The van der Waals surface area contributed by atoms with Crippen LogP contribution in [0, 0.1) is 0 Å². The lowest BCUT2D eigenvalue weighted by molar-refractivity contribution is -0.123. The molecule has 0 saturated carbocycles. The Bertz CT molecular complexity index is 549. The number of amides is 1. The first-order valence-corrected chi connectivity index (χ1v) is 8.68. The van der Waals surface area contributed by atoms with Crippen molar-refractivity contribution in [1.82, 2.24) is 9.80 Å². The number of nitrogens with zero attached hydrogens (tertiary/aromatic N) is 3. The van der Waals surface area contributed by atoms with Crippen molar-refractivity contribution in [3.8, 4) is 0 Å². The predicted octanol–water partition coefficient (Wildman–Crippen LogP) is 1.10. The van der Waals surface area contributed by atoms with Crippen molar-refractivity contribution in [3.05, 3.63) is 24.3 Å². The zero-order valence-electron chi connectivity index (χ0n) is 14.9. The maximum absolute atomic E-state index is 12.4. The van der Waals surface area contributed by atoms with E-state index in [-0.39, 0.29) is 11.9 Å². The number of morpholine rings is 1. The van der Waals surface area contributed by atoms with Crippen LogP contribution < -0.4 is 10.2 Å². The molecule has 0 unspecified atom stereocenters. The molecule has 1 aromatic rings. The van der Waals surface area contributed by atoms with Crippen LogP contribution in [0.1, 0.15) is 6.92 Å². The summed E-state index contributed by atoms with van der Waals surface area (Å²) in [4.78, 5) is 19.1. The third kappa shape index (κ3) is 3.88. The smallest absolute Gasteiger partial charge is 0.241 e. The summed E-state index contributed by atoms with van der Waals surface area (Å²) in [5.74, 6) is 0.0614. The molecule has 2 fully saturated rings. The summed E-state index contributed by atoms with van der Waals surface area (Å²) < 4.78 is 5.38. The molecule has 1 aromatic carbocycles. The van der Waals surface area contributed by atoms with Crippen LogP contribution in [0.5, 0.6) is 0 Å². The number of nitrogens with one attached hydrogen (secondary N) is 1. The van der Waals surface area contributed by atoms with E-state index >= 15 is 0 Å². The molecule has 0 aliphatic carbocycles. The Morgan fingerprint density at radius 2 is 1.83 bits per heavy atom. The summed E-state index contributed by atoms with van der Waals surface area (Å²) in [6, 6.07) is 8.56. The van der Waals surface area contributed by atoms with Crippen LogP contribution in [0.2, 0.25) is 0 Å². The first-order valence-electron chi connectivity index (χ1n) is 8.68. The van der Waals surface area contributed by atoms with Gasteiger partial charge in [-0.25, -0.2) is 0 Å². The fraction of sp³-hybridized carbons (Fsp3) is 0.611. The lowest BCUT2D eigenvalue weighted by Gasteiger charge is -2.45. The minimum absolute atomic E-state index is 0.0614. The maximum Gasteiger partial charge on any atom is 0.241 e. The van der Waals surface area contributed by atoms with E-state index < -0.39 is 0 Å². The van der Waals surface area contributed by atoms with E-state index in [9.17, 15) is 4.79 Å². The number of likely N-dealkylation sites (N-methyl/N-ethyl adjacent to an activating group) is 1. The summed E-state index contributed by atoms with van der Waals surface area (Å²) >= 11 is 0. The van der Waals surface area contributed by atoms with Crippen LogP contribution in [-0.2, 0) is 9.53 Å². The van der Waals surface area contributed by atoms with Gasteiger partial charge in [0.25, 0.3) is 0 Å². The largest absolute Gasteiger partial charge is 0.378 e. The lowest BCUT2D eigenvalue weighted by atomic mass is 10.0. The second-order valence-corrected chi connectivity index (χ2v) is 6.88. The minimum atomic E-state index is -0.0971. The average Bonchev–Trinajstić information content (AvgIpc) is 2.54. The molecule has 1 N–H and O–H groups in total. The van der Waals surface area contributed by atoms with E-state index in [1.807, 2.05) is 19.1 Å². The third-order valence-corrected chi connectivity index (χ3v) is 5.06. The quantitative estimate of drug-likeness (QED) is 0.875. The van der Waals surface area contributed by atoms with Crippen molar-refractivity contribution in [2.24, 2.45) is 0 Å². The monoisotopic (exact) mass is 332 g/mol. The number of anilines is 2. The Kier molecular flexibility index (Phi) is 5.38. The highest BCUT2D eigenvalue weighted by atomic mass is 16.5. The van der Waals surface area contributed by atoms with Crippen molar-refractivity contribution >= 4 is 17.3 Å². The molecule has 2 aliphatic rings. The van der Waals surface area contributed by atoms with E-state index in [4.69, 9.17) is 4.74 Å². The number of rotatable bonds is 5. The molecule has 0 aromatic heterocycles. The molecular formula is C18H28N4O2. The van der Waals surface area contributed by atoms with Gasteiger partial charge in [-0.1, -0.05) is 0 Å². The molecule has 2 saturated heterocycles. The fourth-order valence-corrected chi connectivity index (χ4v) is 3.12. The van der Waals surface area contributed by atoms with Gasteiger partial charge in [0.05, 0.1) is 19.3 Å². The van der Waals surface area contributed by atoms with Gasteiger partial charge in [-0.05, 0) is 45.3 Å². The van der Waals surface area contributed by atoms with Crippen LogP contribution in [0.15, 0.2) is 24.3 Å². The Balaban J connectivity index is 1.51. The van der Waals surface area contributed by atoms with Crippen LogP contribution in [-0.4, -0.2) is 81.3 Å². The van der Waals surface area contributed by atoms with Crippen molar-refractivity contribution in [2.75, 3.05) is 63.7 Å². The van der Waals surface area contributed by atoms with Gasteiger partial charge < -0.3 is 19.9 Å². The summed E-state index contributed by atoms with van der Waals surface area (Å²) in [5.41, 5.74) is 2.04. The molecule has 3 rings (SSSR count). The molecule has 6 nitrogen and oxygen atoms in total. The Hall–Kier alpha value is -1.63. The number of benzene rings is 1. The Morgan fingerprint density at radius 3 is 2.42 bits per heavy atom. The summed E-state index contributed by atoms with van der Waals surface area (Å²) in [6.07, 6.45) is 0. The first-order chi connectivity index (χ1) is 11.5. The highest BCUT2D eigenvalue weighted by Crippen LogP contribution is 2.20. The molecule has 2 heterocycles. The van der Waals surface area contributed by atoms with E-state index in [0.29, 0.717) is 6.04 Å². The molecule has 6 heteroatoms. The molecule has 2 aliphatic heterocycles. The molecular weight excluding hydrogens is 304 g/mol. The normalized spacial score (nSPS) is 20.8. The Labute approximate surface area is 144 Å². The number of likely N-dealkylation sites (tertiary alicyclic amines) is 1. The van der Waals surface area contributed by atoms with Gasteiger partial charge in [0, 0.05) is 43.6 Å². The number of hydrogen-bond acceptors (Lipinski definition) is 5. The van der Waals surface area contributed by atoms with Crippen LogP contribution >= 0.6 is 0 Å². The highest BCUT2D eigenvalue weighted by molar-refractivity contribution is 5.94. The number of ether oxygens (including phenoxy) is 1. The number of carbonyl (C=O) groups excluding carboxylic acids is 1. The van der Waals surface area contributed by atoms with Crippen molar-refractivity contribution in [3.63, 3.8) is 0 Å². The fourth-order valence-electron chi connectivity index (χ4n) is 3.12. The minimum Gasteiger partial charge on any atom is -0.378 e. The Morgan fingerprint density at radius 1 is 1.21 bits per heavy atom.